The van der Waals surface area contributed by atoms with E-state index in [2.05, 4.69) is 35.3 Å². The first-order chi connectivity index (χ1) is 15.7. The summed E-state index contributed by atoms with van der Waals surface area (Å²) in [6.07, 6.45) is 9.21. The van der Waals surface area contributed by atoms with Crippen LogP contribution in [0.25, 0.3) is 21.7 Å². The van der Waals surface area contributed by atoms with Crippen LogP contribution in [-0.2, 0) is 11.2 Å². The Morgan fingerprint density at radius 2 is 1.72 bits per heavy atom. The Kier molecular flexibility index (Phi) is 7.95. The number of aromatic amines is 1. The predicted octanol–water partition coefficient (Wildman–Crippen LogP) is 5.98. The Labute approximate surface area is 187 Å². The van der Waals surface area contributed by atoms with Crippen LogP contribution in [0.4, 0.5) is 10.1 Å². The molecule has 0 aliphatic heterocycles. The second-order valence-corrected chi connectivity index (χ2v) is 7.29. The van der Waals surface area contributed by atoms with Crippen molar-refractivity contribution in [2.45, 2.75) is 13.3 Å². The molecular weight excluding hydrogens is 403 g/mol. The summed E-state index contributed by atoms with van der Waals surface area (Å²) in [5, 5.41) is 10.3. The van der Waals surface area contributed by atoms with Crippen LogP contribution < -0.4 is 4.90 Å². The van der Waals surface area contributed by atoms with E-state index < -0.39 is 0 Å². The van der Waals surface area contributed by atoms with E-state index in [1.165, 1.54) is 17.5 Å². The van der Waals surface area contributed by atoms with E-state index in [1.54, 1.807) is 6.07 Å². The molecule has 0 fully saturated rings. The van der Waals surface area contributed by atoms with E-state index in [4.69, 9.17) is 5.11 Å². The number of aliphatic hydroxyl groups excluding tert-OH is 1. The van der Waals surface area contributed by atoms with Crippen molar-refractivity contribution in [1.82, 2.24) is 4.98 Å². The molecule has 0 aliphatic rings. The largest absolute Gasteiger partial charge is 0.400 e. The van der Waals surface area contributed by atoms with Crippen LogP contribution in [0, 0.1) is 11.7 Å². The second-order valence-electron chi connectivity index (χ2n) is 7.29. The molecule has 1 aromatic heterocycles. The molecular formula is C27H27FN2O2. The van der Waals surface area contributed by atoms with E-state index in [0.717, 1.165) is 41.1 Å². The van der Waals surface area contributed by atoms with E-state index in [0.29, 0.717) is 6.42 Å². The number of aliphatic hydroxyl groups is 1. The van der Waals surface area contributed by atoms with Gasteiger partial charge in [0.1, 0.15) is 12.1 Å². The number of benzene rings is 3. The lowest BCUT2D eigenvalue weighted by molar-refractivity contribution is -0.109. The number of nitrogens with zero attached hydrogens (tertiary/aromatic N) is 1. The highest BCUT2D eigenvalue weighted by Crippen LogP contribution is 2.24. The topological polar surface area (TPSA) is 56.3 Å². The Morgan fingerprint density at radius 3 is 2.47 bits per heavy atom. The minimum absolute atomic E-state index is 0.278. The number of halogens is 1. The number of carbonyl (C=O) groups is 1. The molecule has 4 rings (SSSR count). The van der Waals surface area contributed by atoms with Crippen LogP contribution in [0.5, 0.6) is 0 Å². The maximum atomic E-state index is 13.4. The van der Waals surface area contributed by atoms with E-state index in [9.17, 15) is 9.18 Å². The number of hydrogen-bond donors (Lipinski definition) is 2. The number of H-pyrrole nitrogens is 1. The Hall–Kier alpha value is -3.70. The maximum Gasteiger partial charge on any atom is 0.127 e. The van der Waals surface area contributed by atoms with E-state index >= 15 is 0 Å². The van der Waals surface area contributed by atoms with Gasteiger partial charge < -0.3 is 19.8 Å². The van der Waals surface area contributed by atoms with E-state index in [-0.39, 0.29) is 11.7 Å². The summed E-state index contributed by atoms with van der Waals surface area (Å²) < 4.78 is 13.4. The van der Waals surface area contributed by atoms with Gasteiger partial charge in [-0.25, -0.2) is 4.39 Å². The quantitative estimate of drug-likeness (QED) is 0.355. The Morgan fingerprint density at radius 1 is 0.969 bits per heavy atom. The number of aldehydes is 1. The number of fused-ring (bicyclic) bond motifs is 2. The van der Waals surface area contributed by atoms with Gasteiger partial charge in [0, 0.05) is 48.7 Å². The lowest BCUT2D eigenvalue weighted by atomic mass is 10.0. The van der Waals surface area contributed by atoms with Crippen LogP contribution in [0.3, 0.4) is 0 Å². The van der Waals surface area contributed by atoms with E-state index in [1.807, 2.05) is 54.6 Å². The van der Waals surface area contributed by atoms with Gasteiger partial charge in [-0.3, -0.25) is 0 Å². The standard InChI is InChI=1S/C26H23FN2O.CH4O/c1-2-12-29(25-10-8-20-5-3-4-6-21(20)16-25)13-11-19(18-30)14-24-15-22-7-9-23(27)17-26(22)28-24;1-2/h2-13,15-19,28H,14H2,1H3;2H,1H3/b12-2-,13-11+;. The van der Waals surface area contributed by atoms with Gasteiger partial charge in [-0.1, -0.05) is 42.5 Å². The molecule has 0 saturated heterocycles. The summed E-state index contributed by atoms with van der Waals surface area (Å²) in [5.74, 6) is -0.573. The van der Waals surface area contributed by atoms with Gasteiger partial charge in [0.25, 0.3) is 0 Å². The van der Waals surface area contributed by atoms with Gasteiger partial charge >= 0.3 is 0 Å². The number of allylic oxidation sites excluding steroid dienone is 2. The highest BCUT2D eigenvalue weighted by molar-refractivity contribution is 5.86. The third-order valence-electron chi connectivity index (χ3n) is 5.11. The SMILES string of the molecule is C/C=C\N(/C=C/C(C=O)Cc1cc2ccc(F)cc2[nH]1)c1ccc2ccccc2c1.CO. The second kappa shape index (κ2) is 11.1. The summed E-state index contributed by atoms with van der Waals surface area (Å²) in [6, 6.07) is 21.1. The van der Waals surface area contributed by atoms with Gasteiger partial charge in [-0.05, 0) is 59.5 Å². The normalized spacial score (nSPS) is 12.2. The third-order valence-corrected chi connectivity index (χ3v) is 5.11. The summed E-state index contributed by atoms with van der Waals surface area (Å²) in [4.78, 5) is 16.9. The van der Waals surface area contributed by atoms with Gasteiger partial charge in [-0.15, -0.1) is 0 Å². The molecule has 2 N–H and O–H groups in total. The molecule has 32 heavy (non-hydrogen) atoms. The zero-order valence-electron chi connectivity index (χ0n) is 18.2. The van der Waals surface area contributed by atoms with Gasteiger partial charge in [0.15, 0.2) is 0 Å². The smallest absolute Gasteiger partial charge is 0.127 e. The van der Waals surface area contributed by atoms with Gasteiger partial charge in [0.05, 0.1) is 0 Å². The first-order valence-corrected chi connectivity index (χ1v) is 10.4. The highest BCUT2D eigenvalue weighted by atomic mass is 19.1. The van der Waals surface area contributed by atoms with Crippen molar-refractivity contribution >= 4 is 33.6 Å². The van der Waals surface area contributed by atoms with Crippen molar-refractivity contribution in [1.29, 1.82) is 0 Å². The molecule has 1 unspecified atom stereocenters. The zero-order chi connectivity index (χ0) is 22.9. The van der Waals surface area contributed by atoms with Crippen molar-refractivity contribution in [3.05, 3.63) is 103 Å². The third kappa shape index (κ3) is 5.50. The Bertz CT molecular complexity index is 1240. The first kappa shape index (κ1) is 23.0. The van der Waals surface area contributed by atoms with Crippen molar-refractivity contribution in [3.63, 3.8) is 0 Å². The highest BCUT2D eigenvalue weighted by Gasteiger charge is 2.09. The fourth-order valence-corrected chi connectivity index (χ4v) is 3.61. The van der Waals surface area contributed by atoms with Crippen molar-refractivity contribution in [3.8, 4) is 0 Å². The molecule has 1 heterocycles. The van der Waals surface area contributed by atoms with Crippen LogP contribution in [0.15, 0.2) is 91.3 Å². The van der Waals surface area contributed by atoms with Gasteiger partial charge in [0.2, 0.25) is 0 Å². The number of hydrogen-bond acceptors (Lipinski definition) is 3. The van der Waals surface area contributed by atoms with Crippen LogP contribution in [-0.4, -0.2) is 23.5 Å². The molecule has 0 radical (unpaired) electrons. The summed E-state index contributed by atoms with van der Waals surface area (Å²) in [5.41, 5.74) is 2.67. The monoisotopic (exact) mass is 430 g/mol. The summed E-state index contributed by atoms with van der Waals surface area (Å²) in [7, 11) is 1.00. The molecule has 4 nitrogen and oxygen atoms in total. The summed E-state index contributed by atoms with van der Waals surface area (Å²) in [6.45, 7) is 1.96. The first-order valence-electron chi connectivity index (χ1n) is 10.4. The number of nitrogens with one attached hydrogen (secondary N) is 1. The maximum absolute atomic E-state index is 13.4. The Balaban J connectivity index is 0.00000141. The molecule has 4 aromatic rings. The zero-order valence-corrected chi connectivity index (χ0v) is 18.2. The molecule has 164 valence electrons. The minimum atomic E-state index is -0.295. The fourth-order valence-electron chi connectivity index (χ4n) is 3.61. The van der Waals surface area contributed by atoms with Crippen LogP contribution in [0.1, 0.15) is 12.6 Å². The molecule has 0 spiro atoms. The molecule has 1 atom stereocenters. The van der Waals surface area contributed by atoms with Crippen molar-refractivity contribution < 1.29 is 14.3 Å². The molecule has 0 amide bonds. The molecule has 5 heteroatoms. The fraction of sp³-hybridized carbons (Fsp3) is 0.148. The number of aromatic nitrogens is 1. The average Bonchev–Trinajstić information content (AvgIpc) is 3.23. The van der Waals surface area contributed by atoms with Crippen molar-refractivity contribution in [2.24, 2.45) is 5.92 Å². The lowest BCUT2D eigenvalue weighted by Crippen LogP contribution is -2.10. The minimum Gasteiger partial charge on any atom is -0.400 e. The predicted molar refractivity (Wildman–Crippen MR) is 130 cm³/mol. The van der Waals surface area contributed by atoms with Crippen molar-refractivity contribution in [2.75, 3.05) is 12.0 Å². The number of anilines is 1. The molecule has 0 bridgehead atoms. The van der Waals surface area contributed by atoms with Crippen LogP contribution >= 0.6 is 0 Å². The average molecular weight is 431 g/mol. The summed E-state index contributed by atoms with van der Waals surface area (Å²) >= 11 is 0. The number of carbonyl (C=O) groups excluding carboxylic acids is 1. The lowest BCUT2D eigenvalue weighted by Gasteiger charge is -2.17. The number of rotatable bonds is 7. The molecule has 3 aromatic carbocycles. The molecule has 0 saturated carbocycles. The molecule has 0 aliphatic carbocycles. The van der Waals surface area contributed by atoms with Gasteiger partial charge in [-0.2, -0.15) is 0 Å². The van der Waals surface area contributed by atoms with Crippen LogP contribution in [0.2, 0.25) is 0 Å².